The number of carbonyl (C=O) groups excluding carboxylic acids is 1. The molecule has 0 unspecified atom stereocenters. The third kappa shape index (κ3) is 1.35. The van der Waals surface area contributed by atoms with Gasteiger partial charge in [0.2, 0.25) is 0 Å². The predicted octanol–water partition coefficient (Wildman–Crippen LogP) is 2.78. The van der Waals surface area contributed by atoms with Crippen LogP contribution < -0.4 is 0 Å². The van der Waals surface area contributed by atoms with Crippen molar-refractivity contribution in [2.45, 2.75) is 20.8 Å². The van der Waals surface area contributed by atoms with Crippen LogP contribution in [-0.4, -0.2) is 5.91 Å². The van der Waals surface area contributed by atoms with E-state index in [2.05, 4.69) is 30.2 Å². The Morgan fingerprint density at radius 2 is 2.00 bits per heavy atom. The fraction of sp³-hybridized carbons (Fsp3) is 0.364. The van der Waals surface area contributed by atoms with Gasteiger partial charge in [0, 0.05) is 5.41 Å². The summed E-state index contributed by atoms with van der Waals surface area (Å²) in [7, 11) is 0. The smallest absolute Gasteiger partial charge is 0.265 e. The van der Waals surface area contributed by atoms with Crippen molar-refractivity contribution in [2.24, 2.45) is 15.6 Å². The summed E-state index contributed by atoms with van der Waals surface area (Å²) in [4.78, 5) is 11.4. The van der Waals surface area contributed by atoms with Crippen LogP contribution in [0.15, 0.2) is 45.3 Å². The number of azo groups is 1. The Hall–Kier alpha value is -1.51. The van der Waals surface area contributed by atoms with Crippen LogP contribution in [0.4, 0.5) is 0 Å². The molecule has 0 saturated heterocycles. The minimum absolute atomic E-state index is 0.0675. The van der Waals surface area contributed by atoms with Crippen LogP contribution in [0.25, 0.3) is 0 Å². The number of fused-ring (bicyclic) bond motifs is 1. The zero-order valence-electron chi connectivity index (χ0n) is 8.53. The van der Waals surface area contributed by atoms with Crippen molar-refractivity contribution < 1.29 is 4.79 Å². The second-order valence-electron chi connectivity index (χ2n) is 4.25. The predicted molar refractivity (Wildman–Crippen MR) is 53.6 cm³/mol. The molecule has 0 aromatic rings. The van der Waals surface area contributed by atoms with Gasteiger partial charge in [0.25, 0.3) is 5.91 Å². The largest absolute Gasteiger partial charge is 0.297 e. The maximum atomic E-state index is 11.4. The lowest BCUT2D eigenvalue weighted by Crippen LogP contribution is -2.02. The van der Waals surface area contributed by atoms with Gasteiger partial charge in [-0.25, -0.2) is 0 Å². The van der Waals surface area contributed by atoms with Gasteiger partial charge >= 0.3 is 0 Å². The van der Waals surface area contributed by atoms with E-state index >= 15 is 0 Å². The molecule has 0 saturated carbocycles. The molecule has 1 heterocycles. The zero-order valence-corrected chi connectivity index (χ0v) is 8.53. The molecule has 0 spiro atoms. The Bertz CT molecular complexity index is 423. The van der Waals surface area contributed by atoms with Crippen LogP contribution >= 0.6 is 0 Å². The third-order valence-corrected chi connectivity index (χ3v) is 2.38. The first-order chi connectivity index (χ1) is 6.49. The maximum Gasteiger partial charge on any atom is 0.297 e. The molecule has 1 aliphatic heterocycles. The minimum Gasteiger partial charge on any atom is -0.265 e. The van der Waals surface area contributed by atoms with Crippen molar-refractivity contribution in [1.29, 1.82) is 0 Å². The summed E-state index contributed by atoms with van der Waals surface area (Å²) in [6.45, 7) is 6.06. The van der Waals surface area contributed by atoms with Crippen LogP contribution in [0, 0.1) is 5.41 Å². The monoisotopic (exact) mass is 188 g/mol. The molecule has 0 aromatic heterocycles. The molecule has 2 aliphatic rings. The Balaban J connectivity index is 2.61. The van der Waals surface area contributed by atoms with E-state index in [1.165, 1.54) is 0 Å². The van der Waals surface area contributed by atoms with Gasteiger partial charge in [0.1, 0.15) is 0 Å². The van der Waals surface area contributed by atoms with Crippen LogP contribution in [0.3, 0.4) is 0 Å². The molecule has 3 nitrogen and oxygen atoms in total. The highest BCUT2D eigenvalue weighted by Gasteiger charge is 2.27. The highest BCUT2D eigenvalue weighted by atomic mass is 16.2. The lowest BCUT2D eigenvalue weighted by atomic mass is 9.92. The van der Waals surface area contributed by atoms with E-state index in [0.29, 0.717) is 11.3 Å². The average Bonchev–Trinajstić information content (AvgIpc) is 2.37. The molecular formula is C11H12N2O. The fourth-order valence-electron chi connectivity index (χ4n) is 1.60. The SMILES string of the molecule is CC1=C2C(=O)N=NC2=CC(C)(C)C=C1. The molecule has 72 valence electrons. The van der Waals surface area contributed by atoms with E-state index < -0.39 is 0 Å². The van der Waals surface area contributed by atoms with Crippen molar-refractivity contribution in [3.63, 3.8) is 0 Å². The van der Waals surface area contributed by atoms with Crippen LogP contribution in [0.2, 0.25) is 0 Å². The molecule has 0 aromatic carbocycles. The average molecular weight is 188 g/mol. The van der Waals surface area contributed by atoms with Crippen molar-refractivity contribution in [2.75, 3.05) is 0 Å². The number of hydrogen-bond acceptors (Lipinski definition) is 2. The van der Waals surface area contributed by atoms with Gasteiger partial charge < -0.3 is 0 Å². The van der Waals surface area contributed by atoms with Crippen molar-refractivity contribution in [3.8, 4) is 0 Å². The Morgan fingerprint density at radius 1 is 1.29 bits per heavy atom. The minimum atomic E-state index is -0.226. The molecule has 3 heteroatoms. The molecule has 0 N–H and O–H groups in total. The third-order valence-electron chi connectivity index (χ3n) is 2.38. The van der Waals surface area contributed by atoms with Crippen LogP contribution in [0.5, 0.6) is 0 Å². The molecule has 0 bridgehead atoms. The standard InChI is InChI=1S/C11H12N2O/c1-7-4-5-11(2,3)6-8-9(7)10(14)13-12-8/h4-6H,1-3H3. The first kappa shape index (κ1) is 9.06. The van der Waals surface area contributed by atoms with Crippen LogP contribution in [-0.2, 0) is 4.79 Å². The van der Waals surface area contributed by atoms with E-state index in [1.54, 1.807) is 0 Å². The lowest BCUT2D eigenvalue weighted by Gasteiger charge is -2.13. The second kappa shape index (κ2) is 2.74. The number of hydrogen-bond donors (Lipinski definition) is 0. The highest BCUT2D eigenvalue weighted by molar-refractivity contribution is 6.01. The lowest BCUT2D eigenvalue weighted by molar-refractivity contribution is -0.114. The molecule has 0 atom stereocenters. The second-order valence-corrected chi connectivity index (χ2v) is 4.25. The summed E-state index contributed by atoms with van der Waals surface area (Å²) in [5.74, 6) is -0.226. The number of allylic oxidation sites excluding steroid dienone is 4. The first-order valence-corrected chi connectivity index (χ1v) is 4.59. The van der Waals surface area contributed by atoms with Crippen LogP contribution in [0.1, 0.15) is 20.8 Å². The summed E-state index contributed by atoms with van der Waals surface area (Å²) in [6, 6.07) is 0. The zero-order chi connectivity index (χ0) is 10.3. The maximum absolute atomic E-state index is 11.4. The van der Waals surface area contributed by atoms with Gasteiger partial charge in [-0.1, -0.05) is 26.0 Å². The normalized spacial score (nSPS) is 23.6. The number of amides is 1. The van der Waals surface area contributed by atoms with Gasteiger partial charge in [-0.05, 0) is 18.6 Å². The van der Waals surface area contributed by atoms with Crippen molar-refractivity contribution in [3.05, 3.63) is 35.1 Å². The van der Waals surface area contributed by atoms with E-state index in [4.69, 9.17) is 0 Å². The molecular weight excluding hydrogens is 176 g/mol. The molecule has 0 radical (unpaired) electrons. The van der Waals surface area contributed by atoms with Gasteiger partial charge in [0.15, 0.2) is 0 Å². The van der Waals surface area contributed by atoms with Crippen molar-refractivity contribution >= 4 is 5.91 Å². The fourth-order valence-corrected chi connectivity index (χ4v) is 1.60. The summed E-state index contributed by atoms with van der Waals surface area (Å²) in [5.41, 5.74) is 2.23. The van der Waals surface area contributed by atoms with E-state index in [0.717, 1.165) is 5.57 Å². The molecule has 0 fully saturated rings. The number of nitrogens with zero attached hydrogens (tertiary/aromatic N) is 2. The van der Waals surface area contributed by atoms with Crippen molar-refractivity contribution in [1.82, 2.24) is 0 Å². The Kier molecular flexibility index (Phi) is 1.77. The highest BCUT2D eigenvalue weighted by Crippen LogP contribution is 2.34. The van der Waals surface area contributed by atoms with E-state index in [9.17, 15) is 4.79 Å². The molecule has 2 rings (SSSR count). The summed E-state index contributed by atoms with van der Waals surface area (Å²) >= 11 is 0. The van der Waals surface area contributed by atoms with E-state index in [1.807, 2.05) is 19.1 Å². The van der Waals surface area contributed by atoms with Gasteiger partial charge in [0.05, 0.1) is 11.3 Å². The first-order valence-electron chi connectivity index (χ1n) is 4.59. The van der Waals surface area contributed by atoms with Gasteiger partial charge in [-0.3, -0.25) is 4.79 Å². The number of rotatable bonds is 0. The Labute approximate surface area is 82.9 Å². The van der Waals surface area contributed by atoms with Gasteiger partial charge in [-0.2, -0.15) is 0 Å². The summed E-state index contributed by atoms with van der Waals surface area (Å²) < 4.78 is 0. The van der Waals surface area contributed by atoms with E-state index in [-0.39, 0.29) is 11.3 Å². The van der Waals surface area contributed by atoms with Gasteiger partial charge in [-0.15, -0.1) is 10.2 Å². The topological polar surface area (TPSA) is 41.8 Å². The summed E-state index contributed by atoms with van der Waals surface area (Å²) in [6.07, 6.45) is 6.01. The molecule has 1 amide bonds. The summed E-state index contributed by atoms with van der Waals surface area (Å²) in [5, 5.41) is 7.45. The Morgan fingerprint density at radius 3 is 2.71 bits per heavy atom. The quantitative estimate of drug-likeness (QED) is 0.576. The molecule has 1 aliphatic carbocycles. The molecule has 14 heavy (non-hydrogen) atoms. The number of carbonyl (C=O) groups is 1.